The molecule has 1 amide bonds. The second-order valence-electron chi connectivity index (χ2n) is 6.69. The van der Waals surface area contributed by atoms with Crippen molar-refractivity contribution in [2.45, 2.75) is 37.2 Å². The van der Waals surface area contributed by atoms with Crippen molar-refractivity contribution in [1.82, 2.24) is 9.47 Å². The Hall–Kier alpha value is -2.41. The Labute approximate surface area is 172 Å². The summed E-state index contributed by atoms with van der Waals surface area (Å²) in [4.78, 5) is 15.3. The van der Waals surface area contributed by atoms with Crippen molar-refractivity contribution in [2.24, 2.45) is 0 Å². The molecule has 0 radical (unpaired) electrons. The van der Waals surface area contributed by atoms with Gasteiger partial charge < -0.3 is 9.47 Å². The van der Waals surface area contributed by atoms with Gasteiger partial charge in [0.25, 0.3) is 0 Å². The second kappa shape index (κ2) is 8.95. The van der Waals surface area contributed by atoms with Crippen molar-refractivity contribution in [1.29, 1.82) is 0 Å². The number of likely N-dealkylation sites (N-methyl/N-ethyl adjacent to an activating group) is 1. The van der Waals surface area contributed by atoms with Crippen LogP contribution in [0.4, 0.5) is 13.2 Å². The zero-order chi connectivity index (χ0) is 21.0. The summed E-state index contributed by atoms with van der Waals surface area (Å²) in [5, 5.41) is 0.997. The first-order valence-corrected chi connectivity index (χ1v) is 10.5. The minimum atomic E-state index is -4.35. The van der Waals surface area contributed by atoms with E-state index >= 15 is 0 Å². The van der Waals surface area contributed by atoms with Gasteiger partial charge in [0.2, 0.25) is 5.91 Å². The third kappa shape index (κ3) is 4.96. The van der Waals surface area contributed by atoms with E-state index < -0.39 is 11.7 Å². The van der Waals surface area contributed by atoms with Gasteiger partial charge in [-0.25, -0.2) is 0 Å². The van der Waals surface area contributed by atoms with Crippen LogP contribution >= 0.6 is 11.8 Å². The molecule has 0 N–H and O–H groups in total. The lowest BCUT2D eigenvalue weighted by Crippen LogP contribution is -2.33. The van der Waals surface area contributed by atoms with Gasteiger partial charge >= 0.3 is 6.18 Å². The highest BCUT2D eigenvalue weighted by molar-refractivity contribution is 7.98. The molecule has 3 nitrogen and oxygen atoms in total. The number of nitrogens with zero attached hydrogens (tertiary/aromatic N) is 2. The summed E-state index contributed by atoms with van der Waals surface area (Å²) < 4.78 is 40.7. The fourth-order valence-electron chi connectivity index (χ4n) is 3.28. The summed E-state index contributed by atoms with van der Waals surface area (Å²) in [6.07, 6.45) is -2.42. The average Bonchev–Trinajstić information content (AvgIpc) is 3.04. The standard InChI is InChI=1S/C22H23F3N2OS/c1-3-26(4-2)21(28)14-27-13-20(18-10-5-6-11-19(18)27)29-15-16-8-7-9-17(12-16)22(23,24)25/h5-13H,3-4,14-15H2,1-2H3. The van der Waals surface area contributed by atoms with Crippen molar-refractivity contribution < 1.29 is 18.0 Å². The second-order valence-corrected chi connectivity index (χ2v) is 7.71. The quantitative estimate of drug-likeness (QED) is 0.450. The predicted molar refractivity (Wildman–Crippen MR) is 111 cm³/mol. The molecule has 0 bridgehead atoms. The number of alkyl halides is 3. The molecule has 0 aliphatic heterocycles. The van der Waals surface area contributed by atoms with Gasteiger partial charge in [0.05, 0.1) is 5.56 Å². The number of para-hydroxylation sites is 1. The van der Waals surface area contributed by atoms with Crippen molar-refractivity contribution in [3.63, 3.8) is 0 Å². The predicted octanol–water partition coefficient (Wildman–Crippen LogP) is 5.82. The maximum atomic E-state index is 12.9. The van der Waals surface area contributed by atoms with Crippen molar-refractivity contribution in [3.8, 4) is 0 Å². The average molecular weight is 421 g/mol. The van der Waals surface area contributed by atoms with E-state index in [1.54, 1.807) is 11.0 Å². The van der Waals surface area contributed by atoms with Gasteiger partial charge in [0.15, 0.2) is 0 Å². The van der Waals surface area contributed by atoms with Gasteiger partial charge in [-0.1, -0.05) is 36.4 Å². The van der Waals surface area contributed by atoms with E-state index in [0.717, 1.165) is 21.9 Å². The summed E-state index contributed by atoms with van der Waals surface area (Å²) in [5.41, 5.74) is 0.920. The molecule has 0 atom stereocenters. The molecule has 1 heterocycles. The van der Waals surface area contributed by atoms with Gasteiger partial charge in [-0.05, 0) is 31.5 Å². The van der Waals surface area contributed by atoms with Crippen molar-refractivity contribution in [2.75, 3.05) is 13.1 Å². The van der Waals surface area contributed by atoms with Crippen LogP contribution in [0.15, 0.2) is 59.6 Å². The Morgan fingerprint density at radius 2 is 1.79 bits per heavy atom. The highest BCUT2D eigenvalue weighted by atomic mass is 32.2. The summed E-state index contributed by atoms with van der Waals surface area (Å²) in [6, 6.07) is 13.2. The molecule has 7 heteroatoms. The zero-order valence-corrected chi connectivity index (χ0v) is 17.2. The molecule has 0 saturated carbocycles. The van der Waals surface area contributed by atoms with E-state index in [1.165, 1.54) is 23.9 Å². The van der Waals surface area contributed by atoms with Gasteiger partial charge in [-0.2, -0.15) is 13.2 Å². The van der Waals surface area contributed by atoms with Gasteiger partial charge in [0, 0.05) is 40.8 Å². The molecule has 1 aromatic heterocycles. The molecule has 29 heavy (non-hydrogen) atoms. The fraction of sp³-hybridized carbons (Fsp3) is 0.318. The minimum Gasteiger partial charge on any atom is -0.342 e. The largest absolute Gasteiger partial charge is 0.416 e. The molecule has 0 fully saturated rings. The Balaban J connectivity index is 1.83. The lowest BCUT2D eigenvalue weighted by atomic mass is 10.1. The Morgan fingerprint density at radius 1 is 1.07 bits per heavy atom. The number of carbonyl (C=O) groups is 1. The first-order valence-electron chi connectivity index (χ1n) is 9.48. The van der Waals surface area contributed by atoms with Crippen LogP contribution in [0.5, 0.6) is 0 Å². The molecule has 154 valence electrons. The Morgan fingerprint density at radius 3 is 2.48 bits per heavy atom. The van der Waals surface area contributed by atoms with E-state index in [4.69, 9.17) is 0 Å². The van der Waals surface area contributed by atoms with E-state index in [2.05, 4.69) is 0 Å². The van der Waals surface area contributed by atoms with Crippen LogP contribution in [0.1, 0.15) is 25.0 Å². The molecule has 2 aromatic carbocycles. The van der Waals surface area contributed by atoms with E-state index in [0.29, 0.717) is 24.4 Å². The van der Waals surface area contributed by atoms with E-state index in [1.807, 2.05) is 48.9 Å². The number of halogens is 3. The highest BCUT2D eigenvalue weighted by Gasteiger charge is 2.30. The summed E-state index contributed by atoms with van der Waals surface area (Å²) in [7, 11) is 0. The lowest BCUT2D eigenvalue weighted by molar-refractivity contribution is -0.137. The Kier molecular flexibility index (Phi) is 6.57. The van der Waals surface area contributed by atoms with Gasteiger partial charge in [0.1, 0.15) is 6.54 Å². The number of carbonyl (C=O) groups excluding carboxylic acids is 1. The topological polar surface area (TPSA) is 25.2 Å². The van der Waals surface area contributed by atoms with Crippen LogP contribution < -0.4 is 0 Å². The SMILES string of the molecule is CCN(CC)C(=O)Cn1cc(SCc2cccc(C(F)(F)F)c2)c2ccccc21. The van der Waals surface area contributed by atoms with E-state index in [-0.39, 0.29) is 12.5 Å². The smallest absolute Gasteiger partial charge is 0.342 e. The monoisotopic (exact) mass is 420 g/mol. The summed E-state index contributed by atoms with van der Waals surface area (Å²) in [5.74, 6) is 0.465. The van der Waals surface area contributed by atoms with Gasteiger partial charge in [-0.3, -0.25) is 4.79 Å². The molecule has 3 aromatic rings. The van der Waals surface area contributed by atoms with Crippen molar-refractivity contribution in [3.05, 3.63) is 65.9 Å². The number of amides is 1. The van der Waals surface area contributed by atoms with Crippen LogP contribution in [-0.2, 0) is 23.3 Å². The number of hydrogen-bond acceptors (Lipinski definition) is 2. The lowest BCUT2D eigenvalue weighted by Gasteiger charge is -2.19. The molecule has 0 spiro atoms. The number of hydrogen-bond donors (Lipinski definition) is 0. The van der Waals surface area contributed by atoms with Crippen LogP contribution in [0.2, 0.25) is 0 Å². The van der Waals surface area contributed by atoms with Crippen molar-refractivity contribution >= 4 is 28.6 Å². The van der Waals surface area contributed by atoms with Crippen LogP contribution in [-0.4, -0.2) is 28.5 Å². The first kappa shape index (κ1) is 21.3. The third-order valence-electron chi connectivity index (χ3n) is 4.82. The maximum absolute atomic E-state index is 12.9. The number of benzene rings is 2. The van der Waals surface area contributed by atoms with Crippen LogP contribution in [0.25, 0.3) is 10.9 Å². The third-order valence-corrected chi connectivity index (χ3v) is 5.94. The molecule has 0 aliphatic rings. The summed E-state index contributed by atoms with van der Waals surface area (Å²) in [6.45, 7) is 5.46. The van der Waals surface area contributed by atoms with Crippen LogP contribution in [0, 0.1) is 0 Å². The number of fused-ring (bicyclic) bond motifs is 1. The fourth-order valence-corrected chi connectivity index (χ4v) is 4.31. The number of aromatic nitrogens is 1. The molecular weight excluding hydrogens is 397 g/mol. The number of rotatable bonds is 7. The van der Waals surface area contributed by atoms with E-state index in [9.17, 15) is 18.0 Å². The molecule has 0 unspecified atom stereocenters. The molecule has 3 rings (SSSR count). The zero-order valence-electron chi connectivity index (χ0n) is 16.4. The summed E-state index contributed by atoms with van der Waals surface area (Å²) >= 11 is 1.48. The first-order chi connectivity index (χ1) is 13.8. The maximum Gasteiger partial charge on any atom is 0.416 e. The van der Waals surface area contributed by atoms with Crippen LogP contribution in [0.3, 0.4) is 0 Å². The minimum absolute atomic E-state index is 0.0465. The normalized spacial score (nSPS) is 11.8. The van der Waals surface area contributed by atoms with Gasteiger partial charge in [-0.15, -0.1) is 11.8 Å². The molecule has 0 aliphatic carbocycles. The molecule has 0 saturated heterocycles. The molecular formula is C22H23F3N2OS. The highest BCUT2D eigenvalue weighted by Crippen LogP contribution is 2.34. The Bertz CT molecular complexity index is 993. The number of thioether (sulfide) groups is 1.